The molecule has 0 aliphatic carbocycles. The number of carbonyl (C=O) groups is 1. The highest BCUT2D eigenvalue weighted by Gasteiger charge is 2.16. The van der Waals surface area contributed by atoms with Crippen molar-refractivity contribution in [1.29, 1.82) is 0 Å². The fourth-order valence-electron chi connectivity index (χ4n) is 3.90. The molecular formula is C24H24N6O. The van der Waals surface area contributed by atoms with E-state index in [9.17, 15) is 4.79 Å². The van der Waals surface area contributed by atoms with Gasteiger partial charge in [-0.3, -0.25) is 4.79 Å². The first kappa shape index (κ1) is 19.1. The second kappa shape index (κ2) is 8.10. The molecule has 1 amide bonds. The van der Waals surface area contributed by atoms with Crippen molar-refractivity contribution in [3.63, 3.8) is 0 Å². The first-order valence-corrected chi connectivity index (χ1v) is 10.5. The van der Waals surface area contributed by atoms with Gasteiger partial charge < -0.3 is 20.5 Å². The van der Waals surface area contributed by atoms with E-state index in [1.165, 1.54) is 12.8 Å². The normalized spacial score (nSPS) is 13.5. The zero-order chi connectivity index (χ0) is 21.2. The first-order valence-electron chi connectivity index (χ1n) is 10.5. The van der Waals surface area contributed by atoms with Crippen molar-refractivity contribution in [1.82, 2.24) is 15.0 Å². The molecule has 0 atom stereocenters. The second-order valence-electron chi connectivity index (χ2n) is 7.79. The lowest BCUT2D eigenvalue weighted by Crippen LogP contribution is -2.21. The molecule has 3 heterocycles. The van der Waals surface area contributed by atoms with E-state index >= 15 is 0 Å². The molecule has 1 fully saturated rings. The Hall–Kier alpha value is -3.87. The number of carbonyl (C=O) groups excluding carboxylic acids is 1. The smallest absolute Gasteiger partial charge is 0.255 e. The molecule has 7 heteroatoms. The van der Waals surface area contributed by atoms with Gasteiger partial charge in [-0.1, -0.05) is 18.2 Å². The summed E-state index contributed by atoms with van der Waals surface area (Å²) in [7, 11) is 0. The van der Waals surface area contributed by atoms with Crippen molar-refractivity contribution in [2.75, 3.05) is 28.6 Å². The van der Waals surface area contributed by atoms with E-state index in [1.807, 2.05) is 67.7 Å². The lowest BCUT2D eigenvalue weighted by Gasteiger charge is -2.17. The Morgan fingerprint density at radius 3 is 2.61 bits per heavy atom. The van der Waals surface area contributed by atoms with Crippen LogP contribution in [-0.4, -0.2) is 33.9 Å². The third-order valence-corrected chi connectivity index (χ3v) is 5.49. The SMILES string of the molecule is Cc1cc(Nc2ccc(C(=O)Nc3c[nH]c4ccccc34)cc2)nc(N2CCCC2)n1. The lowest BCUT2D eigenvalue weighted by atomic mass is 10.2. The number of nitrogens with one attached hydrogen (secondary N) is 3. The summed E-state index contributed by atoms with van der Waals surface area (Å²) in [4.78, 5) is 27.3. The molecule has 0 saturated carbocycles. The minimum atomic E-state index is -0.148. The molecule has 0 unspecified atom stereocenters. The summed E-state index contributed by atoms with van der Waals surface area (Å²) in [5.41, 5.74) is 4.15. The predicted octanol–water partition coefficient (Wildman–Crippen LogP) is 4.86. The van der Waals surface area contributed by atoms with E-state index in [2.05, 4.69) is 30.5 Å². The fourth-order valence-corrected chi connectivity index (χ4v) is 3.90. The highest BCUT2D eigenvalue weighted by atomic mass is 16.1. The van der Waals surface area contributed by atoms with E-state index in [0.717, 1.165) is 52.8 Å². The third kappa shape index (κ3) is 4.07. The topological polar surface area (TPSA) is 85.9 Å². The van der Waals surface area contributed by atoms with Crippen LogP contribution < -0.4 is 15.5 Å². The third-order valence-electron chi connectivity index (χ3n) is 5.49. The van der Waals surface area contributed by atoms with Gasteiger partial charge in [-0.05, 0) is 50.1 Å². The van der Waals surface area contributed by atoms with Crippen molar-refractivity contribution in [3.05, 3.63) is 72.1 Å². The number of fused-ring (bicyclic) bond motifs is 1. The Bertz CT molecular complexity index is 1220. The molecule has 3 N–H and O–H groups in total. The minimum absolute atomic E-state index is 0.148. The number of nitrogens with zero attached hydrogens (tertiary/aromatic N) is 3. The van der Waals surface area contributed by atoms with Crippen molar-refractivity contribution >= 4 is 40.0 Å². The molecule has 156 valence electrons. The second-order valence-corrected chi connectivity index (χ2v) is 7.79. The Morgan fingerprint density at radius 2 is 1.81 bits per heavy atom. The van der Waals surface area contributed by atoms with Crippen LogP contribution in [0.4, 0.5) is 23.1 Å². The number of rotatable bonds is 5. The number of H-pyrrole nitrogens is 1. The van der Waals surface area contributed by atoms with Gasteiger partial charge in [0.05, 0.1) is 5.69 Å². The molecule has 31 heavy (non-hydrogen) atoms. The van der Waals surface area contributed by atoms with Crippen LogP contribution >= 0.6 is 0 Å². The maximum Gasteiger partial charge on any atom is 0.255 e. The molecule has 2 aromatic heterocycles. The molecular weight excluding hydrogens is 388 g/mol. The zero-order valence-electron chi connectivity index (χ0n) is 17.4. The van der Waals surface area contributed by atoms with Crippen LogP contribution in [0.5, 0.6) is 0 Å². The number of aromatic nitrogens is 3. The Balaban J connectivity index is 1.29. The molecule has 0 radical (unpaired) electrons. The Labute approximate surface area is 180 Å². The van der Waals surface area contributed by atoms with Crippen LogP contribution in [0.15, 0.2) is 60.8 Å². The van der Waals surface area contributed by atoms with Crippen molar-refractivity contribution in [2.24, 2.45) is 0 Å². The summed E-state index contributed by atoms with van der Waals surface area (Å²) in [6, 6.07) is 17.2. The molecule has 0 spiro atoms. The molecule has 1 saturated heterocycles. The van der Waals surface area contributed by atoms with E-state index < -0.39 is 0 Å². The van der Waals surface area contributed by atoms with Gasteiger partial charge in [-0.25, -0.2) is 4.98 Å². The van der Waals surface area contributed by atoms with Crippen LogP contribution in [0.3, 0.4) is 0 Å². The van der Waals surface area contributed by atoms with Crippen LogP contribution in [0.2, 0.25) is 0 Å². The summed E-state index contributed by atoms with van der Waals surface area (Å²) >= 11 is 0. The summed E-state index contributed by atoms with van der Waals surface area (Å²) in [6.45, 7) is 3.98. The number of para-hydroxylation sites is 1. The summed E-state index contributed by atoms with van der Waals surface area (Å²) in [6.07, 6.45) is 4.18. The van der Waals surface area contributed by atoms with E-state index in [-0.39, 0.29) is 5.91 Å². The Morgan fingerprint density at radius 1 is 1.03 bits per heavy atom. The number of anilines is 4. The molecule has 7 nitrogen and oxygen atoms in total. The van der Waals surface area contributed by atoms with Gasteiger partial charge in [0, 0.05) is 53.2 Å². The summed E-state index contributed by atoms with van der Waals surface area (Å²) in [5, 5.41) is 7.30. The van der Waals surface area contributed by atoms with Gasteiger partial charge in [0.1, 0.15) is 5.82 Å². The largest absolute Gasteiger partial charge is 0.359 e. The number of benzene rings is 2. The monoisotopic (exact) mass is 412 g/mol. The van der Waals surface area contributed by atoms with Gasteiger partial charge in [0.25, 0.3) is 5.91 Å². The average Bonchev–Trinajstić information content (AvgIpc) is 3.45. The maximum atomic E-state index is 12.7. The number of aryl methyl sites for hydroxylation is 1. The Kier molecular flexibility index (Phi) is 5.00. The maximum absolute atomic E-state index is 12.7. The standard InChI is InChI=1S/C24H24N6O/c1-16-14-22(29-24(26-16)30-12-4-5-13-30)27-18-10-8-17(9-11-18)23(31)28-21-15-25-20-7-3-2-6-19(20)21/h2-3,6-11,14-15,25H,4-5,12-13H2,1H3,(H,28,31)(H,26,27,29). The van der Waals surface area contributed by atoms with Crippen molar-refractivity contribution in [3.8, 4) is 0 Å². The first-order chi connectivity index (χ1) is 15.2. The van der Waals surface area contributed by atoms with Crippen molar-refractivity contribution in [2.45, 2.75) is 19.8 Å². The summed E-state index contributed by atoms with van der Waals surface area (Å²) < 4.78 is 0. The van der Waals surface area contributed by atoms with Gasteiger partial charge >= 0.3 is 0 Å². The number of hydrogen-bond donors (Lipinski definition) is 3. The quantitative estimate of drug-likeness (QED) is 0.436. The van der Waals surface area contributed by atoms with E-state index in [1.54, 1.807) is 0 Å². The summed E-state index contributed by atoms with van der Waals surface area (Å²) in [5.74, 6) is 1.38. The van der Waals surface area contributed by atoms with Gasteiger partial charge in [-0.2, -0.15) is 4.98 Å². The zero-order valence-corrected chi connectivity index (χ0v) is 17.4. The van der Waals surface area contributed by atoms with Gasteiger partial charge in [0.15, 0.2) is 0 Å². The van der Waals surface area contributed by atoms with Gasteiger partial charge in [0.2, 0.25) is 5.95 Å². The lowest BCUT2D eigenvalue weighted by molar-refractivity contribution is 0.102. The number of aromatic amines is 1. The van der Waals surface area contributed by atoms with Crippen LogP contribution in [-0.2, 0) is 0 Å². The van der Waals surface area contributed by atoms with E-state index in [0.29, 0.717) is 5.56 Å². The fraction of sp³-hybridized carbons (Fsp3) is 0.208. The van der Waals surface area contributed by atoms with Crippen LogP contribution in [0.1, 0.15) is 28.9 Å². The highest BCUT2D eigenvalue weighted by molar-refractivity contribution is 6.09. The van der Waals surface area contributed by atoms with Gasteiger partial charge in [-0.15, -0.1) is 0 Å². The van der Waals surface area contributed by atoms with E-state index in [4.69, 9.17) is 0 Å². The molecule has 5 rings (SSSR count). The minimum Gasteiger partial charge on any atom is -0.359 e. The molecule has 1 aliphatic rings. The average molecular weight is 412 g/mol. The van der Waals surface area contributed by atoms with Crippen LogP contribution in [0.25, 0.3) is 10.9 Å². The number of hydrogen-bond acceptors (Lipinski definition) is 5. The molecule has 2 aromatic carbocycles. The van der Waals surface area contributed by atoms with Crippen LogP contribution in [0, 0.1) is 6.92 Å². The van der Waals surface area contributed by atoms with Crippen molar-refractivity contribution < 1.29 is 4.79 Å². The molecule has 0 bridgehead atoms. The molecule has 1 aliphatic heterocycles. The predicted molar refractivity (Wildman–Crippen MR) is 124 cm³/mol. The molecule has 4 aromatic rings. The number of amides is 1. The highest BCUT2D eigenvalue weighted by Crippen LogP contribution is 2.24.